The molecule has 1 aliphatic carbocycles. The van der Waals surface area contributed by atoms with E-state index < -0.39 is 0 Å². The van der Waals surface area contributed by atoms with Gasteiger partial charge in [-0.2, -0.15) is 0 Å². The van der Waals surface area contributed by atoms with Crippen LogP contribution in [0.1, 0.15) is 64.8 Å². The molecule has 0 radical (unpaired) electrons. The quantitative estimate of drug-likeness (QED) is 0.243. The molecule has 1 unspecified atom stereocenters. The molecule has 2 heterocycles. The van der Waals surface area contributed by atoms with Gasteiger partial charge in [-0.15, -0.1) is 11.3 Å². The fraction of sp³-hybridized carbons (Fsp3) is 0.323. The van der Waals surface area contributed by atoms with E-state index in [9.17, 15) is 9.59 Å². The number of anilines is 1. The lowest BCUT2D eigenvalue weighted by molar-refractivity contribution is 0.0505. The number of fused-ring (bicyclic) bond motifs is 2. The number of rotatable bonds is 8. The minimum Gasteiger partial charge on any atom is -0.494 e. The smallest absolute Gasteiger partial charge is 0.341 e. The van der Waals surface area contributed by atoms with Crippen molar-refractivity contribution in [3.8, 4) is 17.0 Å². The molecule has 2 aromatic carbocycles. The van der Waals surface area contributed by atoms with Gasteiger partial charge in [0.05, 0.1) is 35.6 Å². The molecule has 0 fully saturated rings. The lowest BCUT2D eigenvalue weighted by atomic mass is 9.88. The molecule has 1 atom stereocenters. The Morgan fingerprint density at radius 1 is 1.11 bits per heavy atom. The molecule has 196 valence electrons. The standard InChI is InChI=1S/C31H32N2O4S/c1-4-16-37-31(35)28-23-15-10-19(3)17-27(23)38-30(28)33-29(34)24-18-26(32-25-9-7-6-8-22(24)25)20-11-13-21(14-12-20)36-5-2/h6-9,11-14,18-19H,4-5,10,15-17H2,1-3H3,(H,33,34). The number of nitrogens with zero attached hydrogens (tertiary/aromatic N) is 1. The Kier molecular flexibility index (Phi) is 7.74. The van der Waals surface area contributed by atoms with Crippen LogP contribution in [-0.2, 0) is 17.6 Å². The third-order valence-corrected chi connectivity index (χ3v) is 7.97. The first-order valence-electron chi connectivity index (χ1n) is 13.2. The Labute approximate surface area is 227 Å². The van der Waals surface area contributed by atoms with E-state index in [1.807, 2.05) is 68.4 Å². The molecule has 1 N–H and O–H groups in total. The van der Waals surface area contributed by atoms with Gasteiger partial charge in [0.1, 0.15) is 10.8 Å². The first kappa shape index (κ1) is 25.9. The predicted molar refractivity (Wildman–Crippen MR) is 152 cm³/mol. The van der Waals surface area contributed by atoms with Crippen molar-refractivity contribution in [1.82, 2.24) is 4.98 Å². The van der Waals surface area contributed by atoms with Crippen LogP contribution in [0.3, 0.4) is 0 Å². The molecule has 1 amide bonds. The van der Waals surface area contributed by atoms with Crippen LogP contribution in [0.15, 0.2) is 54.6 Å². The molecule has 4 aromatic rings. The first-order valence-corrected chi connectivity index (χ1v) is 14.1. The van der Waals surface area contributed by atoms with E-state index in [1.165, 1.54) is 11.3 Å². The maximum absolute atomic E-state index is 13.8. The Balaban J connectivity index is 1.53. The molecule has 0 bridgehead atoms. The van der Waals surface area contributed by atoms with Gasteiger partial charge in [0.2, 0.25) is 0 Å². The highest BCUT2D eigenvalue weighted by Gasteiger charge is 2.29. The van der Waals surface area contributed by atoms with Gasteiger partial charge < -0.3 is 14.8 Å². The van der Waals surface area contributed by atoms with Gasteiger partial charge in [-0.1, -0.05) is 32.0 Å². The topological polar surface area (TPSA) is 77.5 Å². The van der Waals surface area contributed by atoms with Gasteiger partial charge in [-0.3, -0.25) is 4.79 Å². The van der Waals surface area contributed by atoms with Gasteiger partial charge in [0.25, 0.3) is 5.91 Å². The van der Waals surface area contributed by atoms with Crippen LogP contribution in [0.5, 0.6) is 5.75 Å². The molecule has 6 nitrogen and oxygen atoms in total. The van der Waals surface area contributed by atoms with Crippen molar-refractivity contribution in [3.63, 3.8) is 0 Å². The third-order valence-electron chi connectivity index (χ3n) is 6.80. The zero-order chi connectivity index (χ0) is 26.6. The van der Waals surface area contributed by atoms with E-state index >= 15 is 0 Å². The fourth-order valence-electron chi connectivity index (χ4n) is 4.89. The van der Waals surface area contributed by atoms with Crippen molar-refractivity contribution in [2.75, 3.05) is 18.5 Å². The monoisotopic (exact) mass is 528 g/mol. The third kappa shape index (κ3) is 5.29. The molecule has 0 saturated heterocycles. The zero-order valence-electron chi connectivity index (χ0n) is 22.0. The summed E-state index contributed by atoms with van der Waals surface area (Å²) in [5.41, 5.74) is 4.36. The summed E-state index contributed by atoms with van der Waals surface area (Å²) in [7, 11) is 0. The minimum atomic E-state index is -0.358. The average Bonchev–Trinajstić information content (AvgIpc) is 3.28. The van der Waals surface area contributed by atoms with Crippen LogP contribution in [-0.4, -0.2) is 30.1 Å². The fourth-order valence-corrected chi connectivity index (χ4v) is 6.29. The summed E-state index contributed by atoms with van der Waals surface area (Å²) in [5.74, 6) is 0.703. The number of pyridine rings is 1. The van der Waals surface area contributed by atoms with Gasteiger partial charge in [-0.25, -0.2) is 9.78 Å². The van der Waals surface area contributed by atoms with E-state index in [2.05, 4.69) is 12.2 Å². The molecule has 1 aliphatic rings. The highest BCUT2D eigenvalue weighted by molar-refractivity contribution is 7.17. The van der Waals surface area contributed by atoms with Gasteiger partial charge in [-0.05, 0) is 80.5 Å². The van der Waals surface area contributed by atoms with Crippen LogP contribution in [0.25, 0.3) is 22.2 Å². The summed E-state index contributed by atoms with van der Waals surface area (Å²) in [6, 6.07) is 17.1. The van der Waals surface area contributed by atoms with Crippen molar-refractivity contribution >= 4 is 39.1 Å². The van der Waals surface area contributed by atoms with E-state index in [1.54, 1.807) is 0 Å². The molecule has 38 heavy (non-hydrogen) atoms. The second-order valence-electron chi connectivity index (χ2n) is 9.68. The molecule has 7 heteroatoms. The normalized spacial score (nSPS) is 14.7. The first-order chi connectivity index (χ1) is 18.5. The van der Waals surface area contributed by atoms with E-state index in [0.29, 0.717) is 41.0 Å². The Hall–Kier alpha value is -3.71. The van der Waals surface area contributed by atoms with Gasteiger partial charge >= 0.3 is 5.97 Å². The van der Waals surface area contributed by atoms with Crippen LogP contribution in [0, 0.1) is 5.92 Å². The molecule has 5 rings (SSSR count). The molecular weight excluding hydrogens is 496 g/mol. The second-order valence-corrected chi connectivity index (χ2v) is 10.8. The highest BCUT2D eigenvalue weighted by atomic mass is 32.1. The maximum atomic E-state index is 13.8. The van der Waals surface area contributed by atoms with Crippen molar-refractivity contribution < 1.29 is 19.1 Å². The predicted octanol–water partition coefficient (Wildman–Crippen LogP) is 7.31. The summed E-state index contributed by atoms with van der Waals surface area (Å²) in [4.78, 5) is 32.9. The summed E-state index contributed by atoms with van der Waals surface area (Å²) in [6.45, 7) is 7.09. The summed E-state index contributed by atoms with van der Waals surface area (Å²) < 4.78 is 11.1. The van der Waals surface area contributed by atoms with Crippen molar-refractivity contribution in [3.05, 3.63) is 76.2 Å². The minimum absolute atomic E-state index is 0.271. The van der Waals surface area contributed by atoms with Crippen LogP contribution in [0.4, 0.5) is 5.00 Å². The van der Waals surface area contributed by atoms with Gasteiger partial charge in [0.15, 0.2) is 0 Å². The average molecular weight is 529 g/mol. The van der Waals surface area contributed by atoms with Crippen molar-refractivity contribution in [1.29, 1.82) is 0 Å². The van der Waals surface area contributed by atoms with Crippen molar-refractivity contribution in [2.24, 2.45) is 5.92 Å². The van der Waals surface area contributed by atoms with Crippen LogP contribution >= 0.6 is 11.3 Å². The molecular formula is C31H32N2O4S. The van der Waals surface area contributed by atoms with E-state index in [0.717, 1.165) is 58.3 Å². The number of aromatic nitrogens is 1. The molecule has 0 aliphatic heterocycles. The number of amides is 1. The number of hydrogen-bond donors (Lipinski definition) is 1. The van der Waals surface area contributed by atoms with E-state index in [4.69, 9.17) is 14.5 Å². The summed E-state index contributed by atoms with van der Waals surface area (Å²) >= 11 is 1.50. The number of nitrogens with one attached hydrogen (secondary N) is 1. The second kappa shape index (κ2) is 11.4. The Morgan fingerprint density at radius 3 is 2.66 bits per heavy atom. The molecule has 0 spiro atoms. The number of thiophene rings is 1. The largest absolute Gasteiger partial charge is 0.494 e. The number of ether oxygens (including phenoxy) is 2. The SMILES string of the molecule is CCCOC(=O)c1c(NC(=O)c2cc(-c3ccc(OCC)cc3)nc3ccccc23)sc2c1CCC(C)C2. The number of benzene rings is 2. The summed E-state index contributed by atoms with van der Waals surface area (Å²) in [6.07, 6.45) is 3.49. The highest BCUT2D eigenvalue weighted by Crippen LogP contribution is 2.40. The Morgan fingerprint density at radius 2 is 1.89 bits per heavy atom. The summed E-state index contributed by atoms with van der Waals surface area (Å²) in [5, 5.41) is 4.41. The van der Waals surface area contributed by atoms with Gasteiger partial charge in [0, 0.05) is 15.8 Å². The molecule has 2 aromatic heterocycles. The molecule has 0 saturated carbocycles. The van der Waals surface area contributed by atoms with Crippen LogP contribution < -0.4 is 10.1 Å². The van der Waals surface area contributed by atoms with Crippen molar-refractivity contribution in [2.45, 2.75) is 46.5 Å². The number of para-hydroxylation sites is 1. The number of carbonyl (C=O) groups is 2. The number of carbonyl (C=O) groups excluding carboxylic acids is 2. The zero-order valence-corrected chi connectivity index (χ0v) is 22.8. The Bertz CT molecular complexity index is 1480. The lowest BCUT2D eigenvalue weighted by Crippen LogP contribution is -2.17. The lowest BCUT2D eigenvalue weighted by Gasteiger charge is -2.18. The number of hydrogen-bond acceptors (Lipinski definition) is 6. The maximum Gasteiger partial charge on any atom is 0.341 e. The van der Waals surface area contributed by atoms with E-state index in [-0.39, 0.29) is 11.9 Å². The van der Waals surface area contributed by atoms with Crippen LogP contribution in [0.2, 0.25) is 0 Å². The number of esters is 1.